The van der Waals surface area contributed by atoms with Gasteiger partial charge in [0.2, 0.25) is 0 Å². The van der Waals surface area contributed by atoms with Gasteiger partial charge in [0.1, 0.15) is 0 Å². The van der Waals surface area contributed by atoms with Gasteiger partial charge in [0, 0.05) is 79.1 Å². The van der Waals surface area contributed by atoms with Crippen LogP contribution in [0.4, 0.5) is 68.2 Å². The van der Waals surface area contributed by atoms with Gasteiger partial charge >= 0.3 is 0 Å². The molecule has 0 unspecified atom stereocenters. The van der Waals surface area contributed by atoms with Gasteiger partial charge in [0.25, 0.3) is 0 Å². The standard InChI is InChI=1S/C82H70N4/c1-79(2,3)81(75-55-67(83(59-31-15-7-16-32-59)60-33-17-8-18-34-60)47-51-71(75)72-52-48-68(56-76(72)81)84(61-35-19-9-20-36-61)62-37-21-10-22-38-62)82(80(4,5)6)77-57-69(85(63-39-23-11-24-40-63)64-41-25-12-26-42-64)49-53-73(77)74-54-50-70(58-78(74)82)86(65-43-27-13-28-44-65)66-45-29-14-30-46-66/h7-58H,1-6H3. The van der Waals surface area contributed by atoms with E-state index in [1.165, 1.54) is 44.5 Å². The average Bonchev–Trinajstić information content (AvgIpc) is 1.44. The molecule has 0 spiro atoms. The molecule has 0 atom stereocenters. The van der Waals surface area contributed by atoms with E-state index < -0.39 is 21.7 Å². The number of nitrogens with zero attached hydrogens (tertiary/aromatic N) is 4. The van der Waals surface area contributed by atoms with Crippen molar-refractivity contribution < 1.29 is 0 Å². The molecule has 4 nitrogen and oxygen atoms in total. The number of hydrogen-bond acceptors (Lipinski definition) is 4. The first-order chi connectivity index (χ1) is 42.0. The Hall–Kier alpha value is -10.2. The van der Waals surface area contributed by atoms with Gasteiger partial charge in [-0.3, -0.25) is 0 Å². The molecule has 0 saturated heterocycles. The van der Waals surface area contributed by atoms with Crippen molar-refractivity contribution in [1.82, 2.24) is 0 Å². The van der Waals surface area contributed by atoms with E-state index in [1.807, 2.05) is 0 Å². The molecular formula is C82H70N4. The molecule has 12 aromatic carbocycles. The molecule has 4 heteroatoms. The predicted octanol–water partition coefficient (Wildman–Crippen LogP) is 22.9. The highest BCUT2D eigenvalue weighted by molar-refractivity contribution is 5.96. The van der Waals surface area contributed by atoms with Gasteiger partial charge in [-0.15, -0.1) is 0 Å². The van der Waals surface area contributed by atoms with Crippen molar-refractivity contribution in [3.63, 3.8) is 0 Å². The van der Waals surface area contributed by atoms with Crippen LogP contribution in [-0.2, 0) is 10.8 Å². The Balaban J connectivity index is 1.15. The fraction of sp³-hybridized carbons (Fsp3) is 0.122. The van der Waals surface area contributed by atoms with Crippen LogP contribution in [0, 0.1) is 10.8 Å². The summed E-state index contributed by atoms with van der Waals surface area (Å²) >= 11 is 0. The van der Waals surface area contributed by atoms with Gasteiger partial charge in [-0.1, -0.05) is 211 Å². The molecule has 0 bridgehead atoms. The largest absolute Gasteiger partial charge is 0.310 e. The fourth-order valence-corrected chi connectivity index (χ4v) is 15.1. The minimum Gasteiger partial charge on any atom is -0.310 e. The Morgan fingerprint density at radius 2 is 0.337 bits per heavy atom. The molecule has 2 aliphatic carbocycles. The number of rotatable bonds is 13. The molecule has 0 amide bonds. The number of anilines is 12. The molecule has 418 valence electrons. The van der Waals surface area contributed by atoms with Crippen molar-refractivity contribution in [3.8, 4) is 22.3 Å². The van der Waals surface area contributed by atoms with Crippen LogP contribution >= 0.6 is 0 Å². The molecular weight excluding hydrogens is 1040 g/mol. The van der Waals surface area contributed by atoms with Crippen molar-refractivity contribution in [2.24, 2.45) is 10.8 Å². The molecule has 86 heavy (non-hydrogen) atoms. The van der Waals surface area contributed by atoms with E-state index in [0.717, 1.165) is 68.2 Å². The topological polar surface area (TPSA) is 13.0 Å². The zero-order valence-corrected chi connectivity index (χ0v) is 49.8. The first-order valence-electron chi connectivity index (χ1n) is 30.2. The normalized spacial score (nSPS) is 13.4. The molecule has 0 radical (unpaired) electrons. The summed E-state index contributed by atoms with van der Waals surface area (Å²) in [5.41, 5.74) is 20.7. The SMILES string of the molecule is CC(C)(C)C1(C2(C(C)(C)C)c3cc(N(c4ccccc4)c4ccccc4)ccc3-c3ccc(N(c4ccccc4)c4ccccc4)cc32)c2cc(N(c3ccccc3)c3ccccc3)ccc2-c2ccc(N(c3ccccc3)c3ccccc3)cc21. The Morgan fingerprint density at radius 1 is 0.186 bits per heavy atom. The summed E-state index contributed by atoms with van der Waals surface area (Å²) in [6.45, 7) is 15.2. The third-order valence-electron chi connectivity index (χ3n) is 18.2. The second-order valence-corrected chi connectivity index (χ2v) is 24.9. The fourth-order valence-electron chi connectivity index (χ4n) is 15.1. The molecule has 0 saturated carbocycles. The molecule has 2 aliphatic rings. The van der Waals surface area contributed by atoms with Crippen LogP contribution in [0.2, 0.25) is 0 Å². The minimum absolute atomic E-state index is 0.506. The maximum absolute atomic E-state index is 2.59. The van der Waals surface area contributed by atoms with Gasteiger partial charge in [-0.2, -0.15) is 0 Å². The van der Waals surface area contributed by atoms with Gasteiger partial charge in [-0.25, -0.2) is 0 Å². The molecule has 0 aromatic heterocycles. The maximum atomic E-state index is 2.59. The van der Waals surface area contributed by atoms with E-state index in [1.54, 1.807) is 0 Å². The molecule has 0 aliphatic heterocycles. The highest BCUT2D eigenvalue weighted by Crippen LogP contribution is 2.76. The van der Waals surface area contributed by atoms with Crippen LogP contribution in [-0.4, -0.2) is 0 Å². The maximum Gasteiger partial charge on any atom is 0.0465 e. The van der Waals surface area contributed by atoms with Crippen LogP contribution in [0.3, 0.4) is 0 Å². The summed E-state index contributed by atoms with van der Waals surface area (Å²) in [5, 5.41) is 0. The van der Waals surface area contributed by atoms with Crippen molar-refractivity contribution in [2.75, 3.05) is 19.6 Å². The van der Waals surface area contributed by atoms with E-state index in [9.17, 15) is 0 Å². The second-order valence-electron chi connectivity index (χ2n) is 24.9. The summed E-state index contributed by atoms with van der Waals surface area (Å²) in [7, 11) is 0. The van der Waals surface area contributed by atoms with E-state index in [4.69, 9.17) is 0 Å². The Morgan fingerprint density at radius 3 is 0.477 bits per heavy atom. The summed E-state index contributed by atoms with van der Waals surface area (Å²) < 4.78 is 0. The minimum atomic E-state index is -0.821. The molecule has 0 heterocycles. The Bertz CT molecular complexity index is 3640. The van der Waals surface area contributed by atoms with E-state index >= 15 is 0 Å². The zero-order valence-electron chi connectivity index (χ0n) is 49.8. The molecule has 0 N–H and O–H groups in total. The number of fused-ring (bicyclic) bond motifs is 6. The lowest BCUT2D eigenvalue weighted by Gasteiger charge is -2.62. The summed E-state index contributed by atoms with van der Waals surface area (Å²) in [4.78, 5) is 9.78. The van der Waals surface area contributed by atoms with Crippen LogP contribution < -0.4 is 19.6 Å². The number of para-hydroxylation sites is 8. The summed E-state index contributed by atoms with van der Waals surface area (Å²) in [5.74, 6) is 0. The van der Waals surface area contributed by atoms with Crippen molar-refractivity contribution in [3.05, 3.63) is 338 Å². The Labute approximate surface area is 508 Å². The third kappa shape index (κ3) is 8.65. The lowest BCUT2D eigenvalue weighted by molar-refractivity contribution is 0.0594. The summed E-state index contributed by atoms with van der Waals surface area (Å²) in [6.07, 6.45) is 0. The van der Waals surface area contributed by atoms with Crippen LogP contribution in [0.15, 0.2) is 315 Å². The van der Waals surface area contributed by atoms with Crippen LogP contribution in [0.5, 0.6) is 0 Å². The smallest absolute Gasteiger partial charge is 0.0465 e. The average molecular weight is 1110 g/mol. The van der Waals surface area contributed by atoms with Crippen LogP contribution in [0.1, 0.15) is 63.8 Å². The molecule has 14 rings (SSSR count). The molecule has 12 aromatic rings. The predicted molar refractivity (Wildman–Crippen MR) is 363 cm³/mol. The highest BCUT2D eigenvalue weighted by atomic mass is 15.2. The van der Waals surface area contributed by atoms with Crippen molar-refractivity contribution >= 4 is 68.2 Å². The van der Waals surface area contributed by atoms with Crippen molar-refractivity contribution in [1.29, 1.82) is 0 Å². The summed E-state index contributed by atoms with van der Waals surface area (Å²) in [6, 6.07) is 117. The number of hydrogen-bond donors (Lipinski definition) is 0. The first kappa shape index (κ1) is 53.8. The highest BCUT2D eigenvalue weighted by Gasteiger charge is 2.71. The van der Waals surface area contributed by atoms with E-state index in [0.29, 0.717) is 0 Å². The van der Waals surface area contributed by atoms with Crippen LogP contribution in [0.25, 0.3) is 22.3 Å². The Kier molecular flexibility index (Phi) is 13.4. The number of benzene rings is 12. The quantitative estimate of drug-likeness (QED) is 0.114. The van der Waals surface area contributed by atoms with Gasteiger partial charge < -0.3 is 19.6 Å². The lowest BCUT2D eigenvalue weighted by atomic mass is 9.39. The lowest BCUT2D eigenvalue weighted by Crippen LogP contribution is -2.62. The third-order valence-corrected chi connectivity index (χ3v) is 18.2. The monoisotopic (exact) mass is 1110 g/mol. The van der Waals surface area contributed by atoms with Gasteiger partial charge in [0.05, 0.1) is 0 Å². The zero-order chi connectivity index (χ0) is 58.6. The van der Waals surface area contributed by atoms with Gasteiger partial charge in [0.15, 0.2) is 0 Å². The first-order valence-corrected chi connectivity index (χ1v) is 30.2. The van der Waals surface area contributed by atoms with E-state index in [2.05, 4.69) is 377 Å². The molecule has 0 fully saturated rings. The van der Waals surface area contributed by atoms with Gasteiger partial charge in [-0.05, 0) is 201 Å². The second kappa shape index (κ2) is 21.5. The van der Waals surface area contributed by atoms with Crippen molar-refractivity contribution in [2.45, 2.75) is 52.4 Å². The van der Waals surface area contributed by atoms with E-state index in [-0.39, 0.29) is 0 Å².